The first-order valence-electron chi connectivity index (χ1n) is 14.0. The molecule has 224 valence electrons. The topological polar surface area (TPSA) is 108 Å². The molecule has 1 N–H and O–H groups in total. The van der Waals surface area contributed by atoms with Crippen molar-refractivity contribution in [3.63, 3.8) is 0 Å². The Hall–Kier alpha value is -5.67. The van der Waals surface area contributed by atoms with E-state index in [4.69, 9.17) is 30.5 Å². The molecule has 0 unspecified atom stereocenters. The van der Waals surface area contributed by atoms with Crippen LogP contribution in [0.15, 0.2) is 118 Å². The van der Waals surface area contributed by atoms with Crippen LogP contribution in [0.1, 0.15) is 11.1 Å². The first-order chi connectivity index (χ1) is 21.9. The molecule has 0 fully saturated rings. The summed E-state index contributed by atoms with van der Waals surface area (Å²) in [6.45, 7) is 3.63. The average molecular weight is 619 g/mol. The van der Waals surface area contributed by atoms with Crippen molar-refractivity contribution in [2.75, 3.05) is 19.0 Å². The normalized spacial score (nSPS) is 11.2. The number of hydrogen-bond donors (Lipinski definition) is 1. The van der Waals surface area contributed by atoms with Crippen molar-refractivity contribution in [3.05, 3.63) is 130 Å². The summed E-state index contributed by atoms with van der Waals surface area (Å²) < 4.78 is 18.8. The fourth-order valence-electron chi connectivity index (χ4n) is 4.88. The summed E-state index contributed by atoms with van der Waals surface area (Å²) in [4.78, 5) is 31.0. The standard InChI is InChI=1S/C35H27ClN4O5/c1-3-9-23-16-22(17-30(43-2)33(23)44-21-32(41)38-26-10-5-4-6-11-26)20-37-40-34(39-28-13-8-7-12-27(28)35(40)42)31-19-24-18-25(36)14-15-29(24)45-31/h3-8,10-20H,1,9,21H2,2H3,(H,38,41). The maximum absolute atomic E-state index is 13.7. The number of carbonyl (C=O) groups excluding carboxylic acids is 1. The number of carbonyl (C=O) groups is 1. The molecule has 45 heavy (non-hydrogen) atoms. The molecule has 10 heteroatoms. The minimum Gasteiger partial charge on any atom is -0.493 e. The highest BCUT2D eigenvalue weighted by Gasteiger charge is 2.18. The highest BCUT2D eigenvalue weighted by molar-refractivity contribution is 6.31. The summed E-state index contributed by atoms with van der Waals surface area (Å²) >= 11 is 6.18. The van der Waals surface area contributed by atoms with Crippen molar-refractivity contribution < 1.29 is 18.7 Å². The van der Waals surface area contributed by atoms with Gasteiger partial charge >= 0.3 is 0 Å². The van der Waals surface area contributed by atoms with Crippen LogP contribution in [-0.4, -0.2) is 35.5 Å². The summed E-state index contributed by atoms with van der Waals surface area (Å²) in [5.41, 5.74) is 2.74. The Labute approximate surface area is 263 Å². The molecule has 6 rings (SSSR count). The van der Waals surface area contributed by atoms with E-state index in [-0.39, 0.29) is 23.9 Å². The van der Waals surface area contributed by atoms with E-state index in [9.17, 15) is 9.59 Å². The van der Waals surface area contributed by atoms with Gasteiger partial charge in [-0.15, -0.1) is 6.58 Å². The first kappa shape index (κ1) is 29.4. The van der Waals surface area contributed by atoms with Crippen LogP contribution >= 0.6 is 11.6 Å². The second-order valence-electron chi connectivity index (χ2n) is 10.0. The smallest absolute Gasteiger partial charge is 0.282 e. The van der Waals surface area contributed by atoms with E-state index in [1.54, 1.807) is 66.7 Å². The van der Waals surface area contributed by atoms with Gasteiger partial charge in [0.25, 0.3) is 11.5 Å². The largest absolute Gasteiger partial charge is 0.493 e. The van der Waals surface area contributed by atoms with E-state index in [1.807, 2.05) is 30.3 Å². The van der Waals surface area contributed by atoms with Gasteiger partial charge in [-0.2, -0.15) is 9.78 Å². The van der Waals surface area contributed by atoms with Gasteiger partial charge in [-0.1, -0.05) is 48.0 Å². The number of furan rings is 1. The second kappa shape index (κ2) is 12.9. The summed E-state index contributed by atoms with van der Waals surface area (Å²) in [5, 5.41) is 9.09. The third kappa shape index (κ3) is 6.34. The summed E-state index contributed by atoms with van der Waals surface area (Å²) in [6, 6.07) is 26.7. The van der Waals surface area contributed by atoms with Crippen molar-refractivity contribution in [3.8, 4) is 23.1 Å². The van der Waals surface area contributed by atoms with E-state index < -0.39 is 0 Å². The average Bonchev–Trinajstić information content (AvgIpc) is 3.47. The number of hydrogen-bond acceptors (Lipinski definition) is 7. The van der Waals surface area contributed by atoms with E-state index >= 15 is 0 Å². The van der Waals surface area contributed by atoms with Crippen LogP contribution in [0.4, 0.5) is 5.69 Å². The van der Waals surface area contributed by atoms with E-state index in [0.717, 1.165) is 10.9 Å². The molecular weight excluding hydrogens is 592 g/mol. The number of anilines is 1. The zero-order valence-corrected chi connectivity index (χ0v) is 25.0. The number of methoxy groups -OCH3 is 1. The minimum atomic E-state index is -0.368. The lowest BCUT2D eigenvalue weighted by Crippen LogP contribution is -2.21. The Morgan fingerprint density at radius 1 is 1.07 bits per heavy atom. The lowest BCUT2D eigenvalue weighted by atomic mass is 10.1. The fraction of sp³-hybridized carbons (Fsp3) is 0.0857. The molecule has 0 aliphatic carbocycles. The monoisotopic (exact) mass is 618 g/mol. The molecule has 0 spiro atoms. The Kier molecular flexibility index (Phi) is 8.43. The molecule has 9 nitrogen and oxygen atoms in total. The maximum Gasteiger partial charge on any atom is 0.282 e. The minimum absolute atomic E-state index is 0.227. The van der Waals surface area contributed by atoms with E-state index in [1.165, 1.54) is 18.0 Å². The number of benzene rings is 4. The molecule has 4 aromatic carbocycles. The highest BCUT2D eigenvalue weighted by atomic mass is 35.5. The zero-order valence-electron chi connectivity index (χ0n) is 24.2. The lowest BCUT2D eigenvalue weighted by molar-refractivity contribution is -0.118. The molecule has 6 aromatic rings. The van der Waals surface area contributed by atoms with Crippen molar-refractivity contribution >= 4 is 51.3 Å². The Bertz CT molecular complexity index is 2140. The molecule has 0 bridgehead atoms. The number of aromatic nitrogens is 2. The van der Waals surface area contributed by atoms with Crippen LogP contribution in [0.2, 0.25) is 5.02 Å². The molecule has 2 aromatic heterocycles. The van der Waals surface area contributed by atoms with Crippen LogP contribution in [0, 0.1) is 0 Å². The summed E-state index contributed by atoms with van der Waals surface area (Å²) in [7, 11) is 1.51. The molecule has 0 saturated heterocycles. The van der Waals surface area contributed by atoms with Crippen LogP contribution in [-0.2, 0) is 11.2 Å². The lowest BCUT2D eigenvalue weighted by Gasteiger charge is -2.16. The predicted molar refractivity (Wildman–Crippen MR) is 177 cm³/mol. The molecule has 1 amide bonds. The van der Waals surface area contributed by atoms with Gasteiger partial charge in [0.2, 0.25) is 5.82 Å². The number of fused-ring (bicyclic) bond motifs is 2. The van der Waals surface area contributed by atoms with Crippen LogP contribution < -0.4 is 20.3 Å². The second-order valence-corrected chi connectivity index (χ2v) is 10.5. The maximum atomic E-state index is 13.7. The van der Waals surface area contributed by atoms with Gasteiger partial charge in [0.15, 0.2) is 23.9 Å². The van der Waals surface area contributed by atoms with Crippen LogP contribution in [0.25, 0.3) is 33.5 Å². The number of ether oxygens (including phenoxy) is 2. The SMILES string of the molecule is C=CCc1cc(C=Nn2c(-c3cc4cc(Cl)ccc4o3)nc3ccccc3c2=O)cc(OC)c1OCC(=O)Nc1ccccc1. The number of rotatable bonds is 10. The fourth-order valence-corrected chi connectivity index (χ4v) is 5.06. The number of nitrogens with one attached hydrogen (secondary N) is 1. The van der Waals surface area contributed by atoms with Crippen LogP contribution in [0.3, 0.4) is 0 Å². The van der Waals surface area contributed by atoms with Crippen molar-refractivity contribution in [1.82, 2.24) is 9.66 Å². The van der Waals surface area contributed by atoms with Gasteiger partial charge in [-0.25, -0.2) is 4.98 Å². The molecule has 0 radical (unpaired) electrons. The molecule has 2 heterocycles. The number of nitrogens with zero attached hydrogens (tertiary/aromatic N) is 3. The van der Waals surface area contributed by atoms with Crippen LogP contribution in [0.5, 0.6) is 11.5 Å². The third-order valence-electron chi connectivity index (χ3n) is 6.92. The van der Waals surface area contributed by atoms with Gasteiger partial charge in [0.05, 0.1) is 24.2 Å². The summed E-state index contributed by atoms with van der Waals surface area (Å²) in [5.74, 6) is 1.06. The number of amides is 1. The Balaban J connectivity index is 1.37. The number of allylic oxidation sites excluding steroid dienone is 1. The van der Waals surface area contributed by atoms with Crippen molar-refractivity contribution in [2.45, 2.75) is 6.42 Å². The van der Waals surface area contributed by atoms with Gasteiger partial charge in [-0.05, 0) is 72.6 Å². The molecular formula is C35H27ClN4O5. The summed E-state index contributed by atoms with van der Waals surface area (Å²) in [6.07, 6.45) is 3.68. The van der Waals surface area contributed by atoms with Crippen molar-refractivity contribution in [1.29, 1.82) is 0 Å². The number of halogens is 1. The van der Waals surface area contributed by atoms with E-state index in [2.05, 4.69) is 17.0 Å². The zero-order chi connectivity index (χ0) is 31.3. The Morgan fingerprint density at radius 3 is 2.67 bits per heavy atom. The Morgan fingerprint density at radius 2 is 1.87 bits per heavy atom. The molecule has 0 aliphatic heterocycles. The number of para-hydroxylation sites is 2. The molecule has 0 atom stereocenters. The first-order valence-corrected chi connectivity index (χ1v) is 14.4. The highest BCUT2D eigenvalue weighted by Crippen LogP contribution is 2.34. The van der Waals surface area contributed by atoms with Gasteiger partial charge < -0.3 is 19.2 Å². The van der Waals surface area contributed by atoms with Gasteiger partial charge in [0, 0.05) is 21.7 Å². The van der Waals surface area contributed by atoms with Gasteiger partial charge in [0.1, 0.15) is 5.58 Å². The predicted octanol–water partition coefficient (Wildman–Crippen LogP) is 7.10. The van der Waals surface area contributed by atoms with E-state index in [0.29, 0.717) is 56.4 Å². The molecule has 0 saturated carbocycles. The molecule has 0 aliphatic rings. The third-order valence-corrected chi connectivity index (χ3v) is 7.15. The van der Waals surface area contributed by atoms with Crippen molar-refractivity contribution in [2.24, 2.45) is 5.10 Å². The quantitative estimate of drug-likeness (QED) is 0.130. The van der Waals surface area contributed by atoms with Gasteiger partial charge in [-0.3, -0.25) is 9.59 Å².